The van der Waals surface area contributed by atoms with Crippen molar-refractivity contribution in [3.05, 3.63) is 22.8 Å². The van der Waals surface area contributed by atoms with Gasteiger partial charge >= 0.3 is 5.97 Å². The van der Waals surface area contributed by atoms with Crippen molar-refractivity contribution in [3.63, 3.8) is 0 Å². The van der Waals surface area contributed by atoms with E-state index >= 15 is 0 Å². The zero-order valence-corrected chi connectivity index (χ0v) is 10.5. The minimum Gasteiger partial charge on any atom is -0.478 e. The van der Waals surface area contributed by atoms with E-state index in [9.17, 15) is 9.90 Å². The van der Waals surface area contributed by atoms with Crippen LogP contribution in [-0.2, 0) is 0 Å². The molecule has 0 saturated heterocycles. The van der Waals surface area contributed by atoms with Crippen molar-refractivity contribution < 1.29 is 15.0 Å². The first-order valence-corrected chi connectivity index (χ1v) is 6.25. The molecule has 1 fully saturated rings. The smallest absolute Gasteiger partial charge is 0.337 e. The molecule has 3 N–H and O–H groups in total. The largest absolute Gasteiger partial charge is 0.478 e. The minimum absolute atomic E-state index is 0.0422. The predicted molar refractivity (Wildman–Crippen MR) is 68.0 cm³/mol. The van der Waals surface area contributed by atoms with Crippen LogP contribution in [0.3, 0.4) is 0 Å². The van der Waals surface area contributed by atoms with Gasteiger partial charge in [0.05, 0.1) is 16.7 Å². The summed E-state index contributed by atoms with van der Waals surface area (Å²) in [5.74, 6) is -0.161. The van der Waals surface area contributed by atoms with Crippen LogP contribution < -0.4 is 5.32 Å². The number of halogens is 1. The van der Waals surface area contributed by atoms with Gasteiger partial charge in [-0.05, 0) is 31.2 Å². The molecule has 1 heterocycles. The Bertz CT molecular complexity index is 453. The molecule has 0 amide bonds. The van der Waals surface area contributed by atoms with Crippen LogP contribution in [0.1, 0.15) is 29.6 Å². The molecule has 0 bridgehead atoms. The molecule has 1 aliphatic carbocycles. The van der Waals surface area contributed by atoms with E-state index in [0.29, 0.717) is 18.3 Å². The van der Waals surface area contributed by atoms with Gasteiger partial charge in [0.15, 0.2) is 0 Å². The molecular formula is C12H15ClN2O3. The quantitative estimate of drug-likeness (QED) is 0.780. The van der Waals surface area contributed by atoms with E-state index in [1.165, 1.54) is 12.3 Å². The topological polar surface area (TPSA) is 82.5 Å². The number of hydrogen-bond acceptors (Lipinski definition) is 4. The molecule has 5 nitrogen and oxygen atoms in total. The summed E-state index contributed by atoms with van der Waals surface area (Å²) >= 11 is 5.73. The van der Waals surface area contributed by atoms with E-state index < -0.39 is 5.97 Å². The number of hydrogen-bond donors (Lipinski definition) is 3. The number of carbonyl (C=O) groups is 1. The highest BCUT2D eigenvalue weighted by atomic mass is 35.5. The third-order valence-corrected chi connectivity index (χ3v) is 3.47. The number of anilines is 1. The monoisotopic (exact) mass is 270 g/mol. The highest BCUT2D eigenvalue weighted by Crippen LogP contribution is 2.26. The highest BCUT2D eigenvalue weighted by molar-refractivity contribution is 6.33. The third kappa shape index (κ3) is 3.11. The predicted octanol–water partition coefficient (Wildman–Crippen LogP) is 2.01. The van der Waals surface area contributed by atoms with Gasteiger partial charge in [-0.2, -0.15) is 0 Å². The summed E-state index contributed by atoms with van der Waals surface area (Å²) in [7, 11) is 0. The van der Waals surface area contributed by atoms with Crippen LogP contribution in [-0.4, -0.2) is 33.8 Å². The number of nitrogens with zero attached hydrogens (tertiary/aromatic N) is 1. The lowest BCUT2D eigenvalue weighted by Gasteiger charge is -2.11. The van der Waals surface area contributed by atoms with Crippen molar-refractivity contribution in [1.29, 1.82) is 0 Å². The number of aliphatic hydroxyl groups excluding tert-OH is 1. The zero-order chi connectivity index (χ0) is 13.1. The Balaban J connectivity index is 1.97. The molecule has 0 spiro atoms. The van der Waals surface area contributed by atoms with E-state index in [2.05, 4.69) is 10.3 Å². The second-order valence-electron chi connectivity index (χ2n) is 4.57. The van der Waals surface area contributed by atoms with Gasteiger partial charge in [-0.15, -0.1) is 0 Å². The summed E-state index contributed by atoms with van der Waals surface area (Å²) in [5, 5.41) is 21.6. The number of nitrogens with one attached hydrogen (secondary N) is 1. The number of pyridine rings is 1. The number of aliphatic hydroxyl groups is 1. The Hall–Kier alpha value is -1.33. The number of rotatable bonds is 4. The van der Waals surface area contributed by atoms with Crippen LogP contribution >= 0.6 is 11.6 Å². The molecule has 2 unspecified atom stereocenters. The van der Waals surface area contributed by atoms with Gasteiger partial charge in [0.1, 0.15) is 5.82 Å². The molecule has 0 aliphatic heterocycles. The van der Waals surface area contributed by atoms with Crippen molar-refractivity contribution in [2.24, 2.45) is 5.92 Å². The highest BCUT2D eigenvalue weighted by Gasteiger charge is 2.22. The van der Waals surface area contributed by atoms with Crippen molar-refractivity contribution in [1.82, 2.24) is 4.98 Å². The van der Waals surface area contributed by atoms with Crippen LogP contribution in [0.5, 0.6) is 0 Å². The average Bonchev–Trinajstić information content (AvgIpc) is 2.74. The summed E-state index contributed by atoms with van der Waals surface area (Å²) in [6, 6.07) is 1.43. The lowest BCUT2D eigenvalue weighted by atomic mass is 10.1. The van der Waals surface area contributed by atoms with Crippen molar-refractivity contribution in [3.8, 4) is 0 Å². The van der Waals surface area contributed by atoms with Crippen LogP contribution in [0.15, 0.2) is 12.3 Å². The van der Waals surface area contributed by atoms with Crippen LogP contribution in [0.25, 0.3) is 0 Å². The van der Waals surface area contributed by atoms with E-state index in [4.69, 9.17) is 16.7 Å². The number of aromatic nitrogens is 1. The number of aromatic carboxylic acids is 1. The molecule has 0 radical (unpaired) electrons. The van der Waals surface area contributed by atoms with Gasteiger partial charge in [0.25, 0.3) is 0 Å². The number of carboxylic acid groups (broad SMARTS) is 1. The lowest BCUT2D eigenvalue weighted by Crippen LogP contribution is -2.14. The standard InChI is InChI=1S/C12H15ClN2O3/c13-10-6-15-11(4-9(10)12(17)18)14-5-7-1-2-8(16)3-7/h4,6-8,16H,1-3,5H2,(H,14,15)(H,17,18). The SMILES string of the molecule is O=C(O)c1cc(NCC2CCC(O)C2)ncc1Cl. The molecule has 1 aromatic rings. The Kier molecular flexibility index (Phi) is 4.04. The molecule has 2 rings (SSSR count). The third-order valence-electron chi connectivity index (χ3n) is 3.17. The van der Waals surface area contributed by atoms with Crippen LogP contribution in [0.2, 0.25) is 5.02 Å². The first-order chi connectivity index (χ1) is 8.56. The Labute approximate surface area is 110 Å². The maximum atomic E-state index is 10.9. The minimum atomic E-state index is -1.07. The summed E-state index contributed by atoms with van der Waals surface area (Å²) in [6.45, 7) is 0.685. The summed E-state index contributed by atoms with van der Waals surface area (Å²) in [4.78, 5) is 14.9. The molecule has 0 aromatic carbocycles. The fourth-order valence-corrected chi connectivity index (χ4v) is 2.37. The molecule has 1 aromatic heterocycles. The van der Waals surface area contributed by atoms with Gasteiger partial charge in [-0.1, -0.05) is 11.6 Å². The van der Waals surface area contributed by atoms with Gasteiger partial charge in [-0.25, -0.2) is 9.78 Å². The van der Waals surface area contributed by atoms with Crippen molar-refractivity contribution >= 4 is 23.4 Å². The normalized spacial score (nSPS) is 23.0. The van der Waals surface area contributed by atoms with Crippen molar-refractivity contribution in [2.45, 2.75) is 25.4 Å². The fraction of sp³-hybridized carbons (Fsp3) is 0.500. The number of carboxylic acids is 1. The van der Waals surface area contributed by atoms with Gasteiger partial charge in [0.2, 0.25) is 0 Å². The summed E-state index contributed by atoms with van der Waals surface area (Å²) < 4.78 is 0. The van der Waals surface area contributed by atoms with E-state index in [0.717, 1.165) is 19.3 Å². The molecule has 2 atom stereocenters. The molecule has 6 heteroatoms. The van der Waals surface area contributed by atoms with Crippen molar-refractivity contribution in [2.75, 3.05) is 11.9 Å². The second-order valence-corrected chi connectivity index (χ2v) is 4.98. The first kappa shape index (κ1) is 13.1. The first-order valence-electron chi connectivity index (χ1n) is 5.87. The van der Waals surface area contributed by atoms with E-state index in [1.54, 1.807) is 0 Å². The second kappa shape index (κ2) is 5.54. The maximum Gasteiger partial charge on any atom is 0.337 e. The van der Waals surface area contributed by atoms with Gasteiger partial charge in [0, 0.05) is 12.7 Å². The molecule has 18 heavy (non-hydrogen) atoms. The zero-order valence-electron chi connectivity index (χ0n) is 9.77. The lowest BCUT2D eigenvalue weighted by molar-refractivity contribution is 0.0697. The van der Waals surface area contributed by atoms with E-state index in [-0.39, 0.29) is 16.7 Å². The Morgan fingerprint density at radius 1 is 1.56 bits per heavy atom. The molecule has 98 valence electrons. The molecular weight excluding hydrogens is 256 g/mol. The Morgan fingerprint density at radius 3 is 2.94 bits per heavy atom. The van der Waals surface area contributed by atoms with Gasteiger partial charge in [-0.3, -0.25) is 0 Å². The molecule has 1 aliphatic rings. The fourth-order valence-electron chi connectivity index (χ4n) is 2.18. The van der Waals surface area contributed by atoms with E-state index in [1.807, 2.05) is 0 Å². The maximum absolute atomic E-state index is 10.9. The van der Waals surface area contributed by atoms with Crippen LogP contribution in [0.4, 0.5) is 5.82 Å². The summed E-state index contributed by atoms with van der Waals surface area (Å²) in [5.41, 5.74) is 0.0422. The summed E-state index contributed by atoms with van der Waals surface area (Å²) in [6.07, 6.45) is 3.72. The average molecular weight is 271 g/mol. The van der Waals surface area contributed by atoms with Gasteiger partial charge < -0.3 is 15.5 Å². The Morgan fingerprint density at radius 2 is 2.33 bits per heavy atom. The molecule has 1 saturated carbocycles. The van der Waals surface area contributed by atoms with Crippen LogP contribution in [0, 0.1) is 5.92 Å².